The lowest BCUT2D eigenvalue weighted by molar-refractivity contribution is -0.130. The van der Waals surface area contributed by atoms with E-state index in [-0.39, 0.29) is 5.91 Å². The second-order valence-electron chi connectivity index (χ2n) is 6.47. The molecule has 0 bridgehead atoms. The Bertz CT molecular complexity index is 920. The summed E-state index contributed by atoms with van der Waals surface area (Å²) < 4.78 is 3.45. The Kier molecular flexibility index (Phi) is 3.95. The summed E-state index contributed by atoms with van der Waals surface area (Å²) in [6, 6.07) is 3.74. The van der Waals surface area contributed by atoms with Crippen molar-refractivity contribution in [2.75, 3.05) is 13.1 Å². The zero-order valence-corrected chi connectivity index (χ0v) is 14.5. The highest BCUT2D eigenvalue weighted by molar-refractivity contribution is 5.76. The lowest BCUT2D eigenvalue weighted by atomic mass is 10.1. The van der Waals surface area contributed by atoms with Crippen molar-refractivity contribution in [1.82, 2.24) is 34.5 Å². The van der Waals surface area contributed by atoms with E-state index in [9.17, 15) is 4.79 Å². The van der Waals surface area contributed by atoms with Crippen molar-refractivity contribution < 1.29 is 4.79 Å². The van der Waals surface area contributed by atoms with E-state index in [1.54, 1.807) is 10.8 Å². The normalized spacial score (nSPS) is 14.6. The zero-order valence-electron chi connectivity index (χ0n) is 14.5. The fourth-order valence-electron chi connectivity index (χ4n) is 3.45. The molecule has 25 heavy (non-hydrogen) atoms. The zero-order chi connectivity index (χ0) is 17.4. The molecule has 0 atom stereocenters. The highest BCUT2D eigenvalue weighted by atomic mass is 16.2. The number of aryl methyl sites for hydroxylation is 1. The van der Waals surface area contributed by atoms with Crippen molar-refractivity contribution in [2.24, 2.45) is 0 Å². The molecule has 130 valence electrons. The molecule has 4 rings (SSSR count). The molecule has 8 heteroatoms. The maximum atomic E-state index is 12.3. The molecular weight excluding hydrogens is 318 g/mol. The number of aromatic nitrogens is 6. The molecule has 0 aromatic carbocycles. The van der Waals surface area contributed by atoms with Crippen molar-refractivity contribution in [3.8, 4) is 5.82 Å². The predicted molar refractivity (Wildman–Crippen MR) is 91.5 cm³/mol. The molecule has 1 aliphatic heterocycles. The molecule has 3 aromatic rings. The van der Waals surface area contributed by atoms with Crippen LogP contribution in [0.1, 0.15) is 36.2 Å². The van der Waals surface area contributed by atoms with E-state index < -0.39 is 0 Å². The van der Waals surface area contributed by atoms with Crippen molar-refractivity contribution in [3.05, 3.63) is 35.4 Å². The van der Waals surface area contributed by atoms with Gasteiger partial charge in [0.25, 0.3) is 0 Å². The van der Waals surface area contributed by atoms with Gasteiger partial charge in [-0.1, -0.05) is 0 Å². The maximum Gasteiger partial charge on any atom is 0.222 e. The van der Waals surface area contributed by atoms with Gasteiger partial charge in [0.05, 0.1) is 5.69 Å². The standard InChI is InChI=1S/C17H21N7O/c1-12-14(5-8-17(25)22-9-3-4-10-22)13(2)24(20-12)16-7-6-15-19-18-11-23(15)21-16/h6-7,11H,3-5,8-10H2,1-2H3. The Morgan fingerprint density at radius 1 is 1.16 bits per heavy atom. The van der Waals surface area contributed by atoms with E-state index >= 15 is 0 Å². The molecule has 0 unspecified atom stereocenters. The molecule has 3 aromatic heterocycles. The summed E-state index contributed by atoms with van der Waals surface area (Å²) in [5.74, 6) is 0.957. The predicted octanol–water partition coefficient (Wildman–Crippen LogP) is 1.48. The first-order valence-electron chi connectivity index (χ1n) is 8.64. The molecule has 1 saturated heterocycles. The molecular formula is C17H21N7O. The van der Waals surface area contributed by atoms with Crippen LogP contribution in [0, 0.1) is 13.8 Å². The molecule has 0 spiro atoms. The third kappa shape index (κ3) is 2.88. The van der Waals surface area contributed by atoms with Crippen molar-refractivity contribution in [1.29, 1.82) is 0 Å². The van der Waals surface area contributed by atoms with Gasteiger partial charge in [-0.05, 0) is 50.8 Å². The Balaban J connectivity index is 1.56. The average Bonchev–Trinajstić information content (AvgIpc) is 3.33. The van der Waals surface area contributed by atoms with E-state index in [4.69, 9.17) is 0 Å². The number of hydrogen-bond donors (Lipinski definition) is 0. The number of hydrogen-bond acceptors (Lipinski definition) is 5. The van der Waals surface area contributed by atoms with E-state index in [2.05, 4.69) is 20.4 Å². The number of nitrogens with zero attached hydrogens (tertiary/aromatic N) is 7. The van der Waals surface area contributed by atoms with Gasteiger partial charge >= 0.3 is 0 Å². The van der Waals surface area contributed by atoms with Crippen LogP contribution in [0.2, 0.25) is 0 Å². The average molecular weight is 339 g/mol. The molecule has 8 nitrogen and oxygen atoms in total. The Morgan fingerprint density at radius 3 is 2.76 bits per heavy atom. The lowest BCUT2D eigenvalue weighted by Crippen LogP contribution is -2.27. The van der Waals surface area contributed by atoms with Crippen molar-refractivity contribution in [2.45, 2.75) is 39.5 Å². The molecule has 0 N–H and O–H groups in total. The lowest BCUT2D eigenvalue weighted by Gasteiger charge is -2.15. The van der Waals surface area contributed by atoms with Crippen LogP contribution in [-0.4, -0.2) is 53.5 Å². The summed E-state index contributed by atoms with van der Waals surface area (Å²) in [6.07, 6.45) is 5.06. The number of rotatable bonds is 4. The van der Waals surface area contributed by atoms with E-state index in [1.807, 2.05) is 35.6 Å². The minimum Gasteiger partial charge on any atom is -0.343 e. The van der Waals surface area contributed by atoms with Gasteiger partial charge in [0.1, 0.15) is 6.33 Å². The van der Waals surface area contributed by atoms with Crippen LogP contribution in [0.4, 0.5) is 0 Å². The largest absolute Gasteiger partial charge is 0.343 e. The van der Waals surface area contributed by atoms with Gasteiger partial charge in [-0.3, -0.25) is 4.79 Å². The van der Waals surface area contributed by atoms with Crippen LogP contribution in [0.5, 0.6) is 0 Å². The summed E-state index contributed by atoms with van der Waals surface area (Å²) >= 11 is 0. The Hall–Kier alpha value is -2.77. The second-order valence-corrected chi connectivity index (χ2v) is 6.47. The summed E-state index contributed by atoms with van der Waals surface area (Å²) in [5, 5.41) is 16.9. The van der Waals surface area contributed by atoms with Crippen LogP contribution in [0.3, 0.4) is 0 Å². The number of fused-ring (bicyclic) bond motifs is 1. The fourth-order valence-corrected chi connectivity index (χ4v) is 3.45. The molecule has 4 heterocycles. The molecule has 1 amide bonds. The number of amides is 1. The topological polar surface area (TPSA) is 81.2 Å². The van der Waals surface area contributed by atoms with E-state index in [0.29, 0.717) is 24.3 Å². The Labute approximate surface area is 145 Å². The summed E-state index contributed by atoms with van der Waals surface area (Å²) in [7, 11) is 0. The van der Waals surface area contributed by atoms with Crippen LogP contribution in [0.15, 0.2) is 18.5 Å². The minimum atomic E-state index is 0.244. The third-order valence-electron chi connectivity index (χ3n) is 4.85. The van der Waals surface area contributed by atoms with Gasteiger partial charge in [0, 0.05) is 25.2 Å². The SMILES string of the molecule is Cc1nn(-c2ccc3nncn3n2)c(C)c1CCC(=O)N1CCCC1. The number of carbonyl (C=O) groups excluding carboxylic acids is 1. The Morgan fingerprint density at radius 2 is 1.96 bits per heavy atom. The van der Waals surface area contributed by atoms with Gasteiger partial charge in [0.15, 0.2) is 11.5 Å². The van der Waals surface area contributed by atoms with Crippen LogP contribution >= 0.6 is 0 Å². The quantitative estimate of drug-likeness (QED) is 0.719. The van der Waals surface area contributed by atoms with Crippen molar-refractivity contribution in [3.63, 3.8) is 0 Å². The molecule has 0 saturated carbocycles. The third-order valence-corrected chi connectivity index (χ3v) is 4.85. The van der Waals surface area contributed by atoms with Gasteiger partial charge < -0.3 is 4.90 Å². The number of carbonyl (C=O) groups is 1. The highest BCUT2D eigenvalue weighted by Gasteiger charge is 2.20. The van der Waals surface area contributed by atoms with Crippen molar-refractivity contribution >= 4 is 11.6 Å². The van der Waals surface area contributed by atoms with Crippen LogP contribution in [0.25, 0.3) is 11.5 Å². The van der Waals surface area contributed by atoms with E-state index in [0.717, 1.165) is 42.9 Å². The molecule has 1 fully saturated rings. The van der Waals surface area contributed by atoms with Gasteiger partial charge in [0.2, 0.25) is 5.91 Å². The fraction of sp³-hybridized carbons (Fsp3) is 0.471. The van der Waals surface area contributed by atoms with Crippen LogP contribution in [-0.2, 0) is 11.2 Å². The summed E-state index contributed by atoms with van der Waals surface area (Å²) in [5.41, 5.74) is 3.78. The first-order valence-corrected chi connectivity index (χ1v) is 8.64. The first-order chi connectivity index (χ1) is 12.1. The first kappa shape index (κ1) is 15.7. The smallest absolute Gasteiger partial charge is 0.222 e. The van der Waals surface area contributed by atoms with Gasteiger partial charge in [-0.15, -0.1) is 15.3 Å². The minimum absolute atomic E-state index is 0.244. The molecule has 1 aliphatic rings. The highest BCUT2D eigenvalue weighted by Crippen LogP contribution is 2.19. The summed E-state index contributed by atoms with van der Waals surface area (Å²) in [4.78, 5) is 14.3. The summed E-state index contributed by atoms with van der Waals surface area (Å²) in [6.45, 7) is 5.81. The van der Waals surface area contributed by atoms with Gasteiger partial charge in [-0.2, -0.15) is 9.61 Å². The van der Waals surface area contributed by atoms with Crippen LogP contribution < -0.4 is 0 Å². The molecule has 0 radical (unpaired) electrons. The second kappa shape index (κ2) is 6.27. The number of likely N-dealkylation sites (tertiary alicyclic amines) is 1. The van der Waals surface area contributed by atoms with E-state index in [1.165, 1.54) is 0 Å². The maximum absolute atomic E-state index is 12.3. The van der Waals surface area contributed by atoms with Gasteiger partial charge in [-0.25, -0.2) is 4.68 Å². The monoisotopic (exact) mass is 339 g/mol. The molecule has 0 aliphatic carbocycles.